The minimum atomic E-state index is -1.45. The monoisotopic (exact) mass is 1050 g/mol. The number of nitro benzene ring substituents is 1. The number of benzene rings is 4. The third kappa shape index (κ3) is 14.2. The summed E-state index contributed by atoms with van der Waals surface area (Å²) in [5.74, 6) is -0.868. The van der Waals surface area contributed by atoms with Gasteiger partial charge < -0.3 is 34.2 Å². The summed E-state index contributed by atoms with van der Waals surface area (Å²) in [5.41, 5.74) is 5.98. The smallest absolute Gasteiger partial charge is 0.269 e. The van der Waals surface area contributed by atoms with Crippen LogP contribution in [0.4, 0.5) is 5.69 Å². The maximum absolute atomic E-state index is 15.6. The van der Waals surface area contributed by atoms with Gasteiger partial charge in [0, 0.05) is 61.9 Å². The van der Waals surface area contributed by atoms with Crippen LogP contribution >= 0.6 is 0 Å². The molecule has 2 aliphatic carbocycles. The molecule has 4 aromatic carbocycles. The number of oxime groups is 1. The number of aryl methyl sites for hydroxylation is 1. The van der Waals surface area contributed by atoms with Gasteiger partial charge in [-0.2, -0.15) is 0 Å². The summed E-state index contributed by atoms with van der Waals surface area (Å²) >= 11 is 0. The van der Waals surface area contributed by atoms with Crippen LogP contribution in [0.2, 0.25) is 0 Å². The van der Waals surface area contributed by atoms with Crippen LogP contribution in [0.25, 0.3) is 10.8 Å². The van der Waals surface area contributed by atoms with Crippen LogP contribution in [0.3, 0.4) is 0 Å². The van der Waals surface area contributed by atoms with E-state index in [0.29, 0.717) is 42.0 Å². The Balaban J connectivity index is 1.28. The zero-order valence-corrected chi connectivity index (χ0v) is 45.4. The Hall–Kier alpha value is -6.41. The van der Waals surface area contributed by atoms with Crippen molar-refractivity contribution >= 4 is 28.1 Å². The number of hydrogen-bond acceptors (Lipinski definition) is 11. The Morgan fingerprint density at radius 3 is 2.34 bits per heavy atom. The van der Waals surface area contributed by atoms with Crippen LogP contribution in [0.1, 0.15) is 150 Å². The number of nitro groups is 1. The zero-order valence-electron chi connectivity index (χ0n) is 45.4. The normalized spacial score (nSPS) is 20.9. The molecule has 6 unspecified atom stereocenters. The van der Waals surface area contributed by atoms with Crippen LogP contribution in [0.15, 0.2) is 133 Å². The molecule has 1 fully saturated rings. The van der Waals surface area contributed by atoms with Gasteiger partial charge in [-0.3, -0.25) is 19.9 Å². The molecule has 0 bridgehead atoms. The molecule has 77 heavy (non-hydrogen) atoms. The highest BCUT2D eigenvalue weighted by Crippen LogP contribution is 2.62. The van der Waals surface area contributed by atoms with Crippen molar-refractivity contribution in [1.82, 2.24) is 9.88 Å². The first-order chi connectivity index (χ1) is 37.7. The number of rotatable bonds is 31. The van der Waals surface area contributed by atoms with Gasteiger partial charge in [0.15, 0.2) is 0 Å². The molecule has 410 valence electrons. The first-order valence-electron chi connectivity index (χ1n) is 28.4. The molecule has 5 aromatic rings. The molecule has 1 saturated carbocycles. The number of carbonyl (C=O) groups is 1. The summed E-state index contributed by atoms with van der Waals surface area (Å²) < 4.78 is 21.5. The Kier molecular flexibility index (Phi) is 20.9. The molecule has 3 aliphatic rings. The van der Waals surface area contributed by atoms with Crippen LogP contribution < -0.4 is 9.47 Å². The number of aliphatic hydroxyl groups is 2. The Morgan fingerprint density at radius 2 is 1.60 bits per heavy atom. The molecular weight excluding hydrogens is 969 g/mol. The van der Waals surface area contributed by atoms with Crippen LogP contribution in [-0.2, 0) is 34.1 Å². The Bertz CT molecular complexity index is 2790. The average molecular weight is 1050 g/mol. The SMILES string of the molecule is C=CCOC12Oc3ccc(OCc4cccc(C)n4)cc3C3C(CCCCO)C(CCCCO)C=C(C(=NOCc4ccc([N+](=O)[O-])cc4)CC1N(Cc1cccc4ccccc14)C(=O)CCCCCCCCCCC)C32. The molecule has 2 heterocycles. The highest BCUT2D eigenvalue weighted by molar-refractivity contribution is 6.03. The lowest BCUT2D eigenvalue weighted by Crippen LogP contribution is -2.70. The van der Waals surface area contributed by atoms with Gasteiger partial charge in [0.05, 0.1) is 28.9 Å². The van der Waals surface area contributed by atoms with Crippen molar-refractivity contribution in [2.24, 2.45) is 22.9 Å². The number of ether oxygens (including phenoxy) is 3. The molecule has 6 atom stereocenters. The van der Waals surface area contributed by atoms with Crippen molar-refractivity contribution in [3.05, 3.63) is 166 Å². The third-order valence-corrected chi connectivity index (χ3v) is 15.9. The molecule has 1 aromatic heterocycles. The maximum Gasteiger partial charge on any atom is 0.269 e. The van der Waals surface area contributed by atoms with E-state index in [2.05, 4.69) is 56.0 Å². The fourth-order valence-electron chi connectivity index (χ4n) is 12.2. The lowest BCUT2D eigenvalue weighted by Gasteiger charge is -2.60. The predicted molar refractivity (Wildman–Crippen MR) is 302 cm³/mol. The number of non-ortho nitro benzene ring substituents is 1. The van der Waals surface area contributed by atoms with Gasteiger partial charge in [-0.1, -0.05) is 137 Å². The van der Waals surface area contributed by atoms with E-state index in [1.807, 2.05) is 54.3 Å². The van der Waals surface area contributed by atoms with Gasteiger partial charge in [-0.05, 0) is 121 Å². The van der Waals surface area contributed by atoms with Crippen molar-refractivity contribution in [3.8, 4) is 11.5 Å². The van der Waals surface area contributed by atoms with Gasteiger partial charge in [0.2, 0.25) is 11.7 Å². The van der Waals surface area contributed by atoms with Crippen LogP contribution in [0.5, 0.6) is 11.5 Å². The van der Waals surface area contributed by atoms with E-state index in [-0.39, 0.29) is 75.3 Å². The number of carbonyl (C=O) groups excluding carboxylic acids is 1. The molecule has 13 nitrogen and oxygen atoms in total. The summed E-state index contributed by atoms with van der Waals surface area (Å²) in [5, 5.41) is 39.0. The molecule has 0 radical (unpaired) electrons. The van der Waals surface area contributed by atoms with E-state index in [1.165, 1.54) is 44.2 Å². The first-order valence-corrected chi connectivity index (χ1v) is 28.4. The lowest BCUT2D eigenvalue weighted by molar-refractivity contribution is -0.384. The Labute approximate surface area is 455 Å². The topological polar surface area (TPSA) is 166 Å². The van der Waals surface area contributed by atoms with E-state index >= 15 is 4.79 Å². The van der Waals surface area contributed by atoms with E-state index in [0.717, 1.165) is 90.2 Å². The number of hydrogen-bond donors (Lipinski definition) is 2. The minimum absolute atomic E-state index is 0.00248. The third-order valence-electron chi connectivity index (χ3n) is 15.9. The van der Waals surface area contributed by atoms with Gasteiger partial charge in [0.1, 0.15) is 30.8 Å². The number of pyridine rings is 1. The van der Waals surface area contributed by atoms with E-state index in [1.54, 1.807) is 18.2 Å². The zero-order chi connectivity index (χ0) is 54.0. The molecule has 2 N–H and O–H groups in total. The standard InChI is InChI=1S/C64H80N4O9/c1-4-6-7-8-9-10-11-12-13-30-61(71)67(43-50-26-21-25-48-23-14-15-28-54(48)50)60-42-58(66-76-44-47-31-33-52(34-32-47)68(72)73)56-40-49(24-16-18-37-69)55(29-17-19-38-70)62-57-41-53(74-45-51-27-20-22-46(3)65-51)35-36-59(57)77-64(60,63(56)62)75-39-5-2/h5,14-15,20-23,25-28,31-36,40-41,49,55,60,62-63,69-70H,2,4,6-13,16-19,24,29-30,37-39,42-45H2,1,3H3. The Morgan fingerprint density at radius 1 is 0.870 bits per heavy atom. The van der Waals surface area contributed by atoms with E-state index in [4.69, 9.17) is 29.2 Å². The summed E-state index contributed by atoms with van der Waals surface area (Å²) in [6.07, 6.45) is 19.3. The number of amides is 1. The molecule has 1 amide bonds. The minimum Gasteiger partial charge on any atom is -0.487 e. The van der Waals surface area contributed by atoms with E-state index < -0.39 is 22.7 Å². The molecule has 8 rings (SSSR count). The molecule has 13 heteroatoms. The molecular formula is C64H80N4O9. The molecule has 0 spiro atoms. The van der Waals surface area contributed by atoms with Gasteiger partial charge in [0.25, 0.3) is 5.69 Å². The van der Waals surface area contributed by atoms with Crippen LogP contribution in [0, 0.1) is 34.8 Å². The molecule has 0 saturated heterocycles. The molecule has 1 aliphatic heterocycles. The first kappa shape index (κ1) is 56.8. The summed E-state index contributed by atoms with van der Waals surface area (Å²) in [7, 11) is 0. The number of unbranched alkanes of at least 4 members (excludes halogenated alkanes) is 10. The fourth-order valence-corrected chi connectivity index (χ4v) is 12.2. The number of fused-ring (bicyclic) bond motifs is 3. The van der Waals surface area contributed by atoms with Crippen molar-refractivity contribution in [2.75, 3.05) is 19.8 Å². The summed E-state index contributed by atoms with van der Waals surface area (Å²) in [6.45, 7) is 9.26. The van der Waals surface area contributed by atoms with Gasteiger partial charge >= 0.3 is 0 Å². The number of aromatic nitrogens is 1. The largest absolute Gasteiger partial charge is 0.487 e. The predicted octanol–water partition coefficient (Wildman–Crippen LogP) is 13.8. The number of nitrogens with zero attached hydrogens (tertiary/aromatic N) is 4. The second kappa shape index (κ2) is 28.3. The highest BCUT2D eigenvalue weighted by Gasteiger charge is 2.65. The van der Waals surface area contributed by atoms with Crippen molar-refractivity contribution in [1.29, 1.82) is 0 Å². The van der Waals surface area contributed by atoms with Crippen molar-refractivity contribution in [3.63, 3.8) is 0 Å². The fraction of sp³-hybridized carbons (Fsp3) is 0.484. The summed E-state index contributed by atoms with van der Waals surface area (Å²) in [4.78, 5) is 39.8. The highest BCUT2D eigenvalue weighted by atomic mass is 16.7. The van der Waals surface area contributed by atoms with Crippen molar-refractivity contribution in [2.45, 2.75) is 161 Å². The second-order valence-corrected chi connectivity index (χ2v) is 21.3. The van der Waals surface area contributed by atoms with Gasteiger partial charge in [-0.15, -0.1) is 6.58 Å². The quantitative estimate of drug-likeness (QED) is 0.0189. The van der Waals surface area contributed by atoms with Crippen LogP contribution in [-0.4, -0.2) is 68.3 Å². The second-order valence-electron chi connectivity index (χ2n) is 21.3. The number of aliphatic hydroxyl groups excluding tert-OH is 2. The number of allylic oxidation sites excluding steroid dienone is 1. The van der Waals surface area contributed by atoms with E-state index in [9.17, 15) is 20.3 Å². The average Bonchev–Trinajstić information content (AvgIpc) is 3.49. The summed E-state index contributed by atoms with van der Waals surface area (Å²) in [6, 6.07) is 32.1. The van der Waals surface area contributed by atoms with Gasteiger partial charge in [-0.25, -0.2) is 0 Å². The van der Waals surface area contributed by atoms with Crippen molar-refractivity contribution < 1.29 is 39.0 Å². The maximum atomic E-state index is 15.6. The lowest BCUT2D eigenvalue weighted by atomic mass is 9.55.